The van der Waals surface area contributed by atoms with Gasteiger partial charge in [0.1, 0.15) is 0 Å². The lowest BCUT2D eigenvalue weighted by atomic mass is 10.3. The fourth-order valence-corrected chi connectivity index (χ4v) is 1.24. The predicted octanol–water partition coefficient (Wildman–Crippen LogP) is 4.18. The molecule has 0 aliphatic heterocycles. The van der Waals surface area contributed by atoms with Crippen molar-refractivity contribution in [2.75, 3.05) is 6.61 Å². The van der Waals surface area contributed by atoms with Crippen LogP contribution in [0.2, 0.25) is 5.02 Å². The topological polar surface area (TPSA) is 9.23 Å². The summed E-state index contributed by atoms with van der Waals surface area (Å²) >= 11 is 8.37. The largest absolute Gasteiger partial charge is 0.481 e. The summed E-state index contributed by atoms with van der Waals surface area (Å²) in [5, 5.41) is -0.310. The molecule has 0 unspecified atom stereocenters. The molecule has 0 atom stereocenters. The van der Waals surface area contributed by atoms with Crippen molar-refractivity contribution in [1.82, 2.24) is 0 Å². The van der Waals surface area contributed by atoms with Crippen molar-refractivity contribution in [3.05, 3.63) is 27.4 Å². The number of hydrogen-bond acceptors (Lipinski definition) is 1. The van der Waals surface area contributed by atoms with Crippen LogP contribution in [0.25, 0.3) is 0 Å². The van der Waals surface area contributed by atoms with Gasteiger partial charge in [0.05, 0.1) is 5.02 Å². The van der Waals surface area contributed by atoms with Gasteiger partial charge < -0.3 is 4.74 Å². The Labute approximate surface area is 96.1 Å². The van der Waals surface area contributed by atoms with E-state index in [0.717, 1.165) is 6.07 Å². The van der Waals surface area contributed by atoms with Gasteiger partial charge in [0, 0.05) is 4.47 Å². The summed E-state index contributed by atoms with van der Waals surface area (Å²) < 4.78 is 53.0. The van der Waals surface area contributed by atoms with Crippen LogP contribution in [0.15, 0.2) is 16.6 Å². The van der Waals surface area contributed by atoms with E-state index < -0.39 is 24.3 Å². The quantitative estimate of drug-likeness (QED) is 0.588. The molecule has 0 spiro atoms. The van der Waals surface area contributed by atoms with Crippen LogP contribution in [0, 0.1) is 5.82 Å². The highest BCUT2D eigenvalue weighted by atomic mass is 79.9. The summed E-state index contributed by atoms with van der Waals surface area (Å²) in [5.74, 6) is -1.55. The third kappa shape index (κ3) is 3.53. The molecule has 84 valence electrons. The van der Waals surface area contributed by atoms with Crippen molar-refractivity contribution < 1.29 is 22.3 Å². The van der Waals surface area contributed by atoms with E-state index in [1.165, 1.54) is 6.07 Å². The van der Waals surface area contributed by atoms with Crippen LogP contribution in [0.4, 0.5) is 17.6 Å². The molecule has 15 heavy (non-hydrogen) atoms. The van der Waals surface area contributed by atoms with Gasteiger partial charge >= 0.3 is 6.18 Å². The van der Waals surface area contributed by atoms with Gasteiger partial charge in [-0.1, -0.05) is 11.6 Å². The third-order valence-corrected chi connectivity index (χ3v) is 2.65. The predicted molar refractivity (Wildman–Crippen MR) is 50.7 cm³/mol. The monoisotopic (exact) mass is 306 g/mol. The van der Waals surface area contributed by atoms with Gasteiger partial charge in [-0.2, -0.15) is 13.2 Å². The van der Waals surface area contributed by atoms with Crippen molar-refractivity contribution in [2.45, 2.75) is 6.18 Å². The molecule has 0 aromatic heterocycles. The van der Waals surface area contributed by atoms with Gasteiger partial charge in [-0.3, -0.25) is 0 Å². The summed E-state index contributed by atoms with van der Waals surface area (Å²) in [5.41, 5.74) is 0. The molecule has 1 nitrogen and oxygen atoms in total. The highest BCUT2D eigenvalue weighted by molar-refractivity contribution is 9.10. The summed E-state index contributed by atoms with van der Waals surface area (Å²) in [7, 11) is 0. The minimum atomic E-state index is -4.51. The lowest BCUT2D eigenvalue weighted by molar-refractivity contribution is -0.153. The normalized spacial score (nSPS) is 11.6. The van der Waals surface area contributed by atoms with Crippen LogP contribution in [0.5, 0.6) is 5.75 Å². The van der Waals surface area contributed by atoms with E-state index in [0.29, 0.717) is 0 Å². The first-order valence-electron chi connectivity index (χ1n) is 3.64. The van der Waals surface area contributed by atoms with Crippen molar-refractivity contribution in [3.8, 4) is 5.75 Å². The van der Waals surface area contributed by atoms with Crippen LogP contribution in [-0.2, 0) is 0 Å². The van der Waals surface area contributed by atoms with Gasteiger partial charge in [0.25, 0.3) is 0 Å². The minimum absolute atomic E-state index is 0.251. The van der Waals surface area contributed by atoms with Crippen LogP contribution < -0.4 is 4.74 Å². The second-order valence-corrected chi connectivity index (χ2v) is 3.81. The molecule has 0 saturated heterocycles. The number of alkyl halides is 3. The van der Waals surface area contributed by atoms with Gasteiger partial charge in [0.2, 0.25) is 0 Å². The zero-order chi connectivity index (χ0) is 11.6. The van der Waals surface area contributed by atoms with Crippen LogP contribution in [0.3, 0.4) is 0 Å². The fraction of sp³-hybridized carbons (Fsp3) is 0.250. The van der Waals surface area contributed by atoms with Crippen molar-refractivity contribution >= 4 is 27.5 Å². The Kier molecular flexibility index (Phi) is 3.83. The summed E-state index contributed by atoms with van der Waals surface area (Å²) in [6.45, 7) is -1.55. The maximum atomic E-state index is 13.2. The molecular weight excluding hydrogens is 303 g/mol. The molecule has 0 heterocycles. The first-order chi connectivity index (χ1) is 6.81. The summed E-state index contributed by atoms with van der Waals surface area (Å²) in [6, 6.07) is 2.37. The van der Waals surface area contributed by atoms with E-state index in [1.54, 1.807) is 0 Å². The Morgan fingerprint density at radius 3 is 2.47 bits per heavy atom. The van der Waals surface area contributed by atoms with E-state index in [9.17, 15) is 17.6 Å². The fourth-order valence-electron chi connectivity index (χ4n) is 0.779. The van der Waals surface area contributed by atoms with E-state index in [2.05, 4.69) is 20.7 Å². The van der Waals surface area contributed by atoms with Gasteiger partial charge in [0.15, 0.2) is 18.2 Å². The summed E-state index contributed by atoms with van der Waals surface area (Å²) in [4.78, 5) is 0. The first-order valence-corrected chi connectivity index (χ1v) is 4.81. The molecule has 0 aliphatic rings. The van der Waals surface area contributed by atoms with E-state index >= 15 is 0 Å². The highest BCUT2D eigenvalue weighted by Crippen LogP contribution is 2.32. The van der Waals surface area contributed by atoms with Crippen molar-refractivity contribution in [1.29, 1.82) is 0 Å². The lowest BCUT2D eigenvalue weighted by Crippen LogP contribution is -2.19. The number of halogens is 6. The molecule has 0 radical (unpaired) electrons. The smallest absolute Gasteiger partial charge is 0.422 e. The van der Waals surface area contributed by atoms with Crippen molar-refractivity contribution in [2.24, 2.45) is 0 Å². The van der Waals surface area contributed by atoms with Gasteiger partial charge in [-0.25, -0.2) is 4.39 Å². The van der Waals surface area contributed by atoms with Gasteiger partial charge in [-0.05, 0) is 28.1 Å². The zero-order valence-electron chi connectivity index (χ0n) is 7.04. The highest BCUT2D eigenvalue weighted by Gasteiger charge is 2.29. The Balaban J connectivity index is 2.83. The maximum absolute atomic E-state index is 13.2. The minimum Gasteiger partial charge on any atom is -0.481 e. The molecule has 0 bridgehead atoms. The molecular formula is C8H4BrClF4O. The first kappa shape index (κ1) is 12.6. The maximum Gasteiger partial charge on any atom is 0.422 e. The Bertz CT molecular complexity index is 366. The van der Waals surface area contributed by atoms with Crippen LogP contribution in [-0.4, -0.2) is 12.8 Å². The number of benzene rings is 1. The Hall–Kier alpha value is -0.490. The zero-order valence-corrected chi connectivity index (χ0v) is 9.38. The number of ether oxygens (including phenoxy) is 1. The van der Waals surface area contributed by atoms with Crippen LogP contribution >= 0.6 is 27.5 Å². The second-order valence-electron chi connectivity index (χ2n) is 2.58. The molecule has 0 fully saturated rings. The number of hydrogen-bond donors (Lipinski definition) is 0. The molecule has 0 saturated carbocycles. The molecule has 0 aliphatic carbocycles. The molecule has 0 N–H and O–H groups in total. The average molecular weight is 307 g/mol. The number of rotatable bonds is 2. The SMILES string of the molecule is Fc1c(OCC(F)(F)F)ccc(Br)c1Cl. The Morgan fingerprint density at radius 1 is 1.33 bits per heavy atom. The average Bonchev–Trinajstić information content (AvgIpc) is 2.12. The third-order valence-electron chi connectivity index (χ3n) is 1.39. The van der Waals surface area contributed by atoms with Crippen molar-refractivity contribution in [3.63, 3.8) is 0 Å². The van der Waals surface area contributed by atoms with E-state index in [4.69, 9.17) is 11.6 Å². The standard InChI is InChI=1S/C8H4BrClF4O/c9-4-1-2-5(7(11)6(4)10)15-3-8(12,13)14/h1-2H,3H2. The summed E-state index contributed by atoms with van der Waals surface area (Å²) in [6.07, 6.45) is -4.51. The van der Waals surface area contributed by atoms with E-state index in [1.807, 2.05) is 0 Å². The molecule has 1 aromatic rings. The molecule has 7 heteroatoms. The Morgan fingerprint density at radius 2 is 1.93 bits per heavy atom. The molecule has 0 amide bonds. The van der Waals surface area contributed by atoms with E-state index in [-0.39, 0.29) is 9.50 Å². The lowest BCUT2D eigenvalue weighted by Gasteiger charge is -2.10. The van der Waals surface area contributed by atoms with Crippen LogP contribution in [0.1, 0.15) is 0 Å². The second kappa shape index (κ2) is 4.57. The van der Waals surface area contributed by atoms with Gasteiger partial charge in [-0.15, -0.1) is 0 Å². The molecule has 1 aromatic carbocycles. The molecule has 1 rings (SSSR count).